The third-order valence-corrected chi connectivity index (χ3v) is 4.60. The maximum atomic E-state index is 12.3. The van der Waals surface area contributed by atoms with Crippen molar-refractivity contribution in [3.63, 3.8) is 0 Å². The van der Waals surface area contributed by atoms with E-state index in [0.29, 0.717) is 24.4 Å². The molecular formula is C18H24N3O3+. The average molecular weight is 330 g/mol. The van der Waals surface area contributed by atoms with Gasteiger partial charge >= 0.3 is 12.0 Å². The first-order valence-electron chi connectivity index (χ1n) is 8.46. The Morgan fingerprint density at radius 3 is 2.83 bits per heavy atom. The first-order valence-corrected chi connectivity index (χ1v) is 8.46. The molecule has 2 atom stereocenters. The van der Waals surface area contributed by atoms with Gasteiger partial charge in [-0.3, -0.25) is 0 Å². The smallest absolute Gasteiger partial charge is 0.338 e. The van der Waals surface area contributed by atoms with Gasteiger partial charge < -0.3 is 20.3 Å². The monoisotopic (exact) mass is 330 g/mol. The molecule has 0 spiro atoms. The van der Waals surface area contributed by atoms with Crippen LogP contribution in [0.2, 0.25) is 0 Å². The molecule has 0 fully saturated rings. The number of nitrogens with one attached hydrogen (secondary N) is 3. The van der Waals surface area contributed by atoms with Crippen molar-refractivity contribution in [2.45, 2.75) is 32.9 Å². The van der Waals surface area contributed by atoms with E-state index in [-0.39, 0.29) is 18.0 Å². The molecular weight excluding hydrogens is 306 g/mol. The van der Waals surface area contributed by atoms with Crippen LogP contribution in [0.5, 0.6) is 0 Å². The van der Waals surface area contributed by atoms with Crippen LogP contribution < -0.4 is 15.5 Å². The lowest BCUT2D eigenvalue weighted by molar-refractivity contribution is -0.911. The minimum Gasteiger partial charge on any atom is -0.463 e. The summed E-state index contributed by atoms with van der Waals surface area (Å²) in [5.41, 5.74) is 3.94. The molecule has 2 aliphatic heterocycles. The average Bonchev–Trinajstić information content (AvgIpc) is 2.54. The summed E-state index contributed by atoms with van der Waals surface area (Å²) < 4.78 is 5.17. The minimum atomic E-state index is -0.357. The van der Waals surface area contributed by atoms with Crippen molar-refractivity contribution >= 4 is 12.0 Å². The second-order valence-corrected chi connectivity index (χ2v) is 6.31. The number of fused-ring (bicyclic) bond motifs is 1. The Balaban J connectivity index is 1.81. The van der Waals surface area contributed by atoms with Crippen LogP contribution in [0.15, 0.2) is 35.5 Å². The van der Waals surface area contributed by atoms with E-state index in [4.69, 9.17) is 4.74 Å². The van der Waals surface area contributed by atoms with Gasteiger partial charge in [0.1, 0.15) is 13.1 Å². The summed E-state index contributed by atoms with van der Waals surface area (Å²) in [4.78, 5) is 25.5. The minimum absolute atomic E-state index is 0.262. The van der Waals surface area contributed by atoms with Gasteiger partial charge in [-0.1, -0.05) is 24.3 Å². The van der Waals surface area contributed by atoms with E-state index in [0.717, 1.165) is 19.5 Å². The van der Waals surface area contributed by atoms with E-state index in [1.807, 2.05) is 6.92 Å². The number of benzene rings is 1. The van der Waals surface area contributed by atoms with Gasteiger partial charge in [0, 0.05) is 12.0 Å². The molecule has 3 rings (SSSR count). The second kappa shape index (κ2) is 7.05. The van der Waals surface area contributed by atoms with Crippen molar-refractivity contribution < 1.29 is 19.2 Å². The number of urea groups is 1. The van der Waals surface area contributed by atoms with Gasteiger partial charge in [0.05, 0.1) is 30.5 Å². The highest BCUT2D eigenvalue weighted by Crippen LogP contribution is 2.14. The lowest BCUT2D eigenvalue weighted by Gasteiger charge is -2.31. The summed E-state index contributed by atoms with van der Waals surface area (Å²) in [5.74, 6) is -0.357. The summed E-state index contributed by atoms with van der Waals surface area (Å²) in [6.07, 6.45) is 1.01. The summed E-state index contributed by atoms with van der Waals surface area (Å²) in [5, 5.41) is 5.55. The molecule has 6 heteroatoms. The number of esters is 1. The topological polar surface area (TPSA) is 71.9 Å². The van der Waals surface area contributed by atoms with Crippen LogP contribution in [-0.2, 0) is 22.5 Å². The van der Waals surface area contributed by atoms with Crippen molar-refractivity contribution in [3.8, 4) is 0 Å². The van der Waals surface area contributed by atoms with Gasteiger partial charge in [0.25, 0.3) is 0 Å². The Kier molecular flexibility index (Phi) is 4.85. The number of ether oxygens (including phenoxy) is 1. The Morgan fingerprint density at radius 1 is 1.33 bits per heavy atom. The fourth-order valence-electron chi connectivity index (χ4n) is 3.46. The lowest BCUT2D eigenvalue weighted by Crippen LogP contribution is -3.12. The van der Waals surface area contributed by atoms with E-state index >= 15 is 0 Å². The predicted molar refractivity (Wildman–Crippen MR) is 89.3 cm³/mol. The fraction of sp³-hybridized carbons (Fsp3) is 0.444. The molecule has 2 aliphatic rings. The number of hydrogen-bond donors (Lipinski definition) is 3. The molecule has 0 aromatic heterocycles. The lowest BCUT2D eigenvalue weighted by atomic mass is 9.98. The fourth-order valence-corrected chi connectivity index (χ4v) is 3.46. The molecule has 0 saturated carbocycles. The molecule has 2 amide bonds. The van der Waals surface area contributed by atoms with Gasteiger partial charge in [-0.05, 0) is 19.4 Å². The number of hydrogen-bond acceptors (Lipinski definition) is 3. The third kappa shape index (κ3) is 3.43. The van der Waals surface area contributed by atoms with Crippen LogP contribution in [-0.4, -0.2) is 37.7 Å². The van der Waals surface area contributed by atoms with Crippen molar-refractivity contribution in [3.05, 3.63) is 46.7 Å². The molecule has 1 aromatic carbocycles. The van der Waals surface area contributed by atoms with Crippen LogP contribution in [0.3, 0.4) is 0 Å². The summed E-state index contributed by atoms with van der Waals surface area (Å²) >= 11 is 0. The number of carbonyl (C=O) groups is 2. The molecule has 0 saturated heterocycles. The first-order chi connectivity index (χ1) is 11.6. The first kappa shape index (κ1) is 16.5. The standard InChI is InChI=1S/C18H23N3O3/c1-3-24-17(22)16-12(2)19-18(23)20-15(16)11-21-9-8-13-6-4-5-7-14(13)10-21/h4-7,12H,3,8-11H2,1-2H3,(H2,19,20,23)/p+1/t12-/m1/s1. The number of quaternary nitrogens is 1. The third-order valence-electron chi connectivity index (χ3n) is 4.60. The molecule has 0 aliphatic carbocycles. The predicted octanol–water partition coefficient (Wildman–Crippen LogP) is 0.146. The van der Waals surface area contributed by atoms with Gasteiger partial charge in [0.15, 0.2) is 0 Å². The van der Waals surface area contributed by atoms with Crippen LogP contribution in [0.1, 0.15) is 25.0 Å². The highest BCUT2D eigenvalue weighted by molar-refractivity contribution is 5.94. The Morgan fingerprint density at radius 2 is 2.08 bits per heavy atom. The molecule has 1 unspecified atom stereocenters. The SMILES string of the molecule is CCOC(=O)C1=C(C[NH+]2CCc3ccccc3C2)NC(=O)N[C@@H]1C. The normalized spacial score (nSPS) is 23.2. The van der Waals surface area contributed by atoms with Crippen molar-refractivity contribution in [2.75, 3.05) is 19.7 Å². The van der Waals surface area contributed by atoms with E-state index in [2.05, 4.69) is 34.9 Å². The molecule has 0 bridgehead atoms. The number of rotatable bonds is 4. The van der Waals surface area contributed by atoms with Gasteiger partial charge in [-0.2, -0.15) is 0 Å². The number of amides is 2. The van der Waals surface area contributed by atoms with Crippen molar-refractivity contribution in [1.29, 1.82) is 0 Å². The Hall–Kier alpha value is -2.34. The van der Waals surface area contributed by atoms with E-state index in [1.54, 1.807) is 6.92 Å². The second-order valence-electron chi connectivity index (χ2n) is 6.31. The van der Waals surface area contributed by atoms with Crippen LogP contribution in [0.25, 0.3) is 0 Å². The van der Waals surface area contributed by atoms with Crippen molar-refractivity contribution in [1.82, 2.24) is 10.6 Å². The van der Waals surface area contributed by atoms with E-state index in [9.17, 15) is 9.59 Å². The molecule has 128 valence electrons. The maximum absolute atomic E-state index is 12.3. The van der Waals surface area contributed by atoms with Crippen LogP contribution in [0.4, 0.5) is 4.79 Å². The molecule has 6 nitrogen and oxygen atoms in total. The van der Waals surface area contributed by atoms with Crippen LogP contribution in [0, 0.1) is 0 Å². The molecule has 0 radical (unpaired) electrons. The van der Waals surface area contributed by atoms with Gasteiger partial charge in [0.2, 0.25) is 0 Å². The molecule has 24 heavy (non-hydrogen) atoms. The quantitative estimate of drug-likeness (QED) is 0.688. The molecule has 3 N–H and O–H groups in total. The Bertz CT molecular complexity index is 684. The van der Waals surface area contributed by atoms with Crippen molar-refractivity contribution in [2.24, 2.45) is 0 Å². The highest BCUT2D eigenvalue weighted by Gasteiger charge is 2.32. The summed E-state index contributed by atoms with van der Waals surface area (Å²) in [6, 6.07) is 7.84. The van der Waals surface area contributed by atoms with E-state index in [1.165, 1.54) is 16.0 Å². The van der Waals surface area contributed by atoms with Crippen LogP contribution >= 0.6 is 0 Å². The molecule has 1 aromatic rings. The zero-order valence-electron chi connectivity index (χ0n) is 14.1. The van der Waals surface area contributed by atoms with Gasteiger partial charge in [-0.25, -0.2) is 9.59 Å². The summed E-state index contributed by atoms with van der Waals surface area (Å²) in [6.45, 7) is 6.40. The van der Waals surface area contributed by atoms with E-state index < -0.39 is 0 Å². The molecule has 2 heterocycles. The Labute approximate surface area is 141 Å². The maximum Gasteiger partial charge on any atom is 0.338 e. The zero-order valence-corrected chi connectivity index (χ0v) is 14.1. The highest BCUT2D eigenvalue weighted by atomic mass is 16.5. The van der Waals surface area contributed by atoms with Gasteiger partial charge in [-0.15, -0.1) is 0 Å². The zero-order chi connectivity index (χ0) is 17.1. The summed E-state index contributed by atoms with van der Waals surface area (Å²) in [7, 11) is 0. The largest absolute Gasteiger partial charge is 0.463 e. The number of carbonyl (C=O) groups excluding carboxylic acids is 2.